The van der Waals surface area contributed by atoms with Crippen LogP contribution in [0.1, 0.15) is 37.3 Å². The van der Waals surface area contributed by atoms with E-state index in [0.717, 1.165) is 11.9 Å². The largest absolute Gasteiger partial charge is 0.481 e. The van der Waals surface area contributed by atoms with E-state index >= 15 is 0 Å². The molecule has 9 heteroatoms. The van der Waals surface area contributed by atoms with Gasteiger partial charge in [0.05, 0.1) is 13.2 Å². The first kappa shape index (κ1) is 19.2. The van der Waals surface area contributed by atoms with Crippen LogP contribution in [0, 0.1) is 11.6 Å². The van der Waals surface area contributed by atoms with Gasteiger partial charge in [0.2, 0.25) is 5.88 Å². The van der Waals surface area contributed by atoms with Gasteiger partial charge in [-0.2, -0.15) is 0 Å². The van der Waals surface area contributed by atoms with Crippen LogP contribution < -0.4 is 9.64 Å². The quantitative estimate of drug-likeness (QED) is 0.767. The summed E-state index contributed by atoms with van der Waals surface area (Å²) in [6.45, 7) is 1.21. The third-order valence-corrected chi connectivity index (χ3v) is 6.32. The van der Waals surface area contributed by atoms with Crippen LogP contribution >= 0.6 is 0 Å². The summed E-state index contributed by atoms with van der Waals surface area (Å²) < 4.78 is 38.9. The molecular weight excluding hydrogens is 394 g/mol. The molecule has 3 aliphatic rings. The topological polar surface area (TPSA) is 67.8 Å². The third-order valence-electron chi connectivity index (χ3n) is 6.32. The summed E-state index contributed by atoms with van der Waals surface area (Å²) in [4.78, 5) is 25.5. The minimum Gasteiger partial charge on any atom is -0.481 e. The van der Waals surface area contributed by atoms with Gasteiger partial charge in [0.25, 0.3) is 5.91 Å². The van der Waals surface area contributed by atoms with Crippen molar-refractivity contribution >= 4 is 11.7 Å². The SMILES string of the molecule is COc1cc(N2CCC3(CC2)O[C@@H]2CC[C@@H](c4cc(F)cc(F)c4)N2C3=O)ncn1. The van der Waals surface area contributed by atoms with E-state index < -0.39 is 17.2 Å². The average Bonchev–Trinajstić information content (AvgIpc) is 3.26. The molecule has 1 aromatic heterocycles. The standard InChI is InChI=1S/C21H22F2N4O3/c1-29-18-11-17(24-12-25-18)26-6-4-21(5-7-26)20(28)27-16(2-3-19(27)30-21)13-8-14(22)10-15(23)9-13/h8-12,16,19H,2-7H2,1H3/t16-,19+/m0/s1. The van der Waals surface area contributed by atoms with Gasteiger partial charge >= 0.3 is 0 Å². The van der Waals surface area contributed by atoms with Crippen LogP contribution in [0.5, 0.6) is 5.88 Å². The Bertz CT molecular complexity index is 960. The molecule has 1 aromatic carbocycles. The van der Waals surface area contributed by atoms with E-state index in [0.29, 0.717) is 50.2 Å². The summed E-state index contributed by atoms with van der Waals surface area (Å²) in [7, 11) is 1.55. The van der Waals surface area contributed by atoms with Gasteiger partial charge in [0.1, 0.15) is 30.0 Å². The van der Waals surface area contributed by atoms with Crippen molar-refractivity contribution in [3.8, 4) is 5.88 Å². The van der Waals surface area contributed by atoms with Crippen LogP contribution in [0.4, 0.5) is 14.6 Å². The number of rotatable bonds is 3. The van der Waals surface area contributed by atoms with E-state index in [1.807, 2.05) is 0 Å². The highest BCUT2D eigenvalue weighted by atomic mass is 19.1. The lowest BCUT2D eigenvalue weighted by Gasteiger charge is -2.38. The van der Waals surface area contributed by atoms with Gasteiger partial charge in [-0.05, 0) is 30.5 Å². The fourth-order valence-corrected chi connectivity index (χ4v) is 4.85. The Kier molecular flexibility index (Phi) is 4.57. The van der Waals surface area contributed by atoms with Gasteiger partial charge in [-0.3, -0.25) is 4.79 Å². The molecule has 0 saturated carbocycles. The number of carbonyl (C=O) groups excluding carboxylic acids is 1. The molecule has 2 atom stereocenters. The zero-order chi connectivity index (χ0) is 20.9. The number of fused-ring (bicyclic) bond motifs is 1. The molecule has 0 N–H and O–H groups in total. The molecule has 0 unspecified atom stereocenters. The average molecular weight is 416 g/mol. The van der Waals surface area contributed by atoms with Crippen molar-refractivity contribution < 1.29 is 23.0 Å². The molecule has 5 rings (SSSR count). The highest BCUT2D eigenvalue weighted by molar-refractivity contribution is 5.88. The van der Waals surface area contributed by atoms with Crippen LogP contribution in [-0.2, 0) is 9.53 Å². The fourth-order valence-electron chi connectivity index (χ4n) is 4.85. The number of amides is 1. The zero-order valence-corrected chi connectivity index (χ0v) is 16.6. The third kappa shape index (κ3) is 3.08. The Labute approximate surface area is 172 Å². The predicted molar refractivity (Wildman–Crippen MR) is 103 cm³/mol. The lowest BCUT2D eigenvalue weighted by atomic mass is 9.89. The Morgan fingerprint density at radius 3 is 2.53 bits per heavy atom. The van der Waals surface area contributed by atoms with Gasteiger partial charge in [0.15, 0.2) is 5.60 Å². The van der Waals surface area contributed by atoms with E-state index in [2.05, 4.69) is 14.9 Å². The number of hydrogen-bond acceptors (Lipinski definition) is 6. The first-order valence-corrected chi connectivity index (χ1v) is 10.1. The van der Waals surface area contributed by atoms with Crippen LogP contribution in [0.3, 0.4) is 0 Å². The number of piperidine rings is 1. The number of carbonyl (C=O) groups is 1. The molecule has 7 nitrogen and oxygen atoms in total. The van der Waals surface area contributed by atoms with Crippen molar-refractivity contribution in [2.24, 2.45) is 0 Å². The first-order valence-electron chi connectivity index (χ1n) is 10.1. The molecular formula is C21H22F2N4O3. The Morgan fingerprint density at radius 2 is 1.83 bits per heavy atom. The summed E-state index contributed by atoms with van der Waals surface area (Å²) in [6.07, 6.45) is 3.43. The summed E-state index contributed by atoms with van der Waals surface area (Å²) >= 11 is 0. The van der Waals surface area contributed by atoms with Crippen molar-refractivity contribution in [2.45, 2.75) is 43.6 Å². The molecule has 3 aliphatic heterocycles. The lowest BCUT2D eigenvalue weighted by molar-refractivity contribution is -0.140. The number of nitrogens with zero attached hydrogens (tertiary/aromatic N) is 4. The minimum atomic E-state index is -0.886. The normalized spacial score (nSPS) is 25.1. The van der Waals surface area contributed by atoms with E-state index in [1.165, 1.54) is 18.5 Å². The second kappa shape index (κ2) is 7.16. The van der Waals surface area contributed by atoms with Gasteiger partial charge in [-0.25, -0.2) is 18.7 Å². The zero-order valence-electron chi connectivity index (χ0n) is 16.6. The van der Waals surface area contributed by atoms with Crippen molar-refractivity contribution in [2.75, 3.05) is 25.1 Å². The molecule has 0 aliphatic carbocycles. The van der Waals surface area contributed by atoms with Gasteiger partial charge in [0, 0.05) is 38.1 Å². The van der Waals surface area contributed by atoms with Crippen LogP contribution in [0.25, 0.3) is 0 Å². The Morgan fingerprint density at radius 1 is 1.10 bits per heavy atom. The van der Waals surface area contributed by atoms with Crippen molar-refractivity contribution in [3.05, 3.63) is 47.8 Å². The van der Waals surface area contributed by atoms with E-state index in [4.69, 9.17) is 9.47 Å². The summed E-state index contributed by atoms with van der Waals surface area (Å²) in [5, 5.41) is 0. The first-order chi connectivity index (χ1) is 14.5. The maximum Gasteiger partial charge on any atom is 0.257 e. The van der Waals surface area contributed by atoms with Gasteiger partial charge in [-0.1, -0.05) is 0 Å². The molecule has 3 fully saturated rings. The molecule has 0 bridgehead atoms. The number of anilines is 1. The summed E-state index contributed by atoms with van der Waals surface area (Å²) in [5.74, 6) is -0.122. The predicted octanol–water partition coefficient (Wildman–Crippen LogP) is 2.82. The van der Waals surface area contributed by atoms with Gasteiger partial charge < -0.3 is 19.3 Å². The molecule has 0 radical (unpaired) electrons. The number of methoxy groups -OCH3 is 1. The number of hydrogen-bond donors (Lipinski definition) is 0. The number of halogens is 2. The van der Waals surface area contributed by atoms with Crippen molar-refractivity contribution in [1.82, 2.24) is 14.9 Å². The van der Waals surface area contributed by atoms with Gasteiger partial charge in [-0.15, -0.1) is 0 Å². The fraction of sp³-hybridized carbons (Fsp3) is 0.476. The number of ether oxygens (including phenoxy) is 2. The van der Waals surface area contributed by atoms with Crippen molar-refractivity contribution in [1.29, 1.82) is 0 Å². The number of benzene rings is 1. The molecule has 30 heavy (non-hydrogen) atoms. The summed E-state index contributed by atoms with van der Waals surface area (Å²) in [5.41, 5.74) is -0.405. The Hall–Kier alpha value is -2.81. The molecule has 158 valence electrons. The van der Waals surface area contributed by atoms with E-state index in [1.54, 1.807) is 18.1 Å². The maximum atomic E-state index is 13.7. The van der Waals surface area contributed by atoms with Crippen molar-refractivity contribution in [3.63, 3.8) is 0 Å². The lowest BCUT2D eigenvalue weighted by Crippen LogP contribution is -2.50. The minimum absolute atomic E-state index is 0.0837. The van der Waals surface area contributed by atoms with Crippen LogP contribution in [-0.4, -0.2) is 52.8 Å². The second-order valence-corrected chi connectivity index (χ2v) is 7.98. The molecule has 3 saturated heterocycles. The molecule has 2 aromatic rings. The number of aromatic nitrogens is 2. The van der Waals surface area contributed by atoms with Crippen LogP contribution in [0.2, 0.25) is 0 Å². The Balaban J connectivity index is 1.33. The van der Waals surface area contributed by atoms with E-state index in [9.17, 15) is 13.6 Å². The monoisotopic (exact) mass is 416 g/mol. The smallest absolute Gasteiger partial charge is 0.257 e. The maximum absolute atomic E-state index is 13.7. The molecule has 4 heterocycles. The summed E-state index contributed by atoms with van der Waals surface area (Å²) in [6, 6.07) is 4.86. The molecule has 1 spiro atoms. The highest BCUT2D eigenvalue weighted by Gasteiger charge is 2.58. The molecule has 1 amide bonds. The van der Waals surface area contributed by atoms with Crippen LogP contribution in [0.15, 0.2) is 30.6 Å². The highest BCUT2D eigenvalue weighted by Crippen LogP contribution is 2.48. The van der Waals surface area contributed by atoms with E-state index in [-0.39, 0.29) is 18.2 Å². The second-order valence-electron chi connectivity index (χ2n) is 7.98.